The first kappa shape index (κ1) is 23.7. The zero-order valence-corrected chi connectivity index (χ0v) is 17.9. The second kappa shape index (κ2) is 19.4. The van der Waals surface area contributed by atoms with Crippen molar-refractivity contribution in [1.82, 2.24) is 4.90 Å². The summed E-state index contributed by atoms with van der Waals surface area (Å²) in [6.07, 6.45) is 28.1. The summed E-state index contributed by atoms with van der Waals surface area (Å²) in [6.45, 7) is 6.60. The van der Waals surface area contributed by atoms with Gasteiger partial charge in [0.25, 0.3) is 0 Å². The molecule has 0 radical (unpaired) electrons. The van der Waals surface area contributed by atoms with Crippen LogP contribution in [0.1, 0.15) is 116 Å². The van der Waals surface area contributed by atoms with E-state index in [1.807, 2.05) is 0 Å². The lowest BCUT2D eigenvalue weighted by molar-refractivity contribution is 0.0174. The predicted octanol–water partition coefficient (Wildman–Crippen LogP) is 7.48. The van der Waals surface area contributed by atoms with Crippen LogP contribution in [0.15, 0.2) is 12.2 Å². The summed E-state index contributed by atoms with van der Waals surface area (Å²) in [5.74, 6) is 0. The molecule has 0 amide bonds. The summed E-state index contributed by atoms with van der Waals surface area (Å²) in [5.41, 5.74) is 0. The minimum atomic E-state index is 0.866. The zero-order chi connectivity index (χ0) is 18.5. The number of allylic oxidation sites excluding steroid dienone is 2. The fraction of sp³-hybridized carbons (Fsp3) is 0.917. The van der Waals surface area contributed by atoms with E-state index in [1.165, 1.54) is 122 Å². The Morgan fingerprint density at radius 3 is 1.81 bits per heavy atom. The molecular weight excluding hydrogens is 318 g/mol. The third kappa shape index (κ3) is 15.9. The Morgan fingerprint density at radius 2 is 1.19 bits per heavy atom. The Balaban J connectivity index is 1.69. The third-order valence-corrected chi connectivity index (χ3v) is 5.52. The van der Waals surface area contributed by atoms with Crippen molar-refractivity contribution in [3.8, 4) is 0 Å². The fourth-order valence-corrected chi connectivity index (χ4v) is 3.73. The van der Waals surface area contributed by atoms with Gasteiger partial charge in [0.1, 0.15) is 0 Å². The van der Waals surface area contributed by atoms with Crippen LogP contribution < -0.4 is 0 Å². The quantitative estimate of drug-likeness (QED) is 0.184. The van der Waals surface area contributed by atoms with Crippen molar-refractivity contribution in [2.45, 2.75) is 116 Å². The van der Waals surface area contributed by atoms with Gasteiger partial charge in [-0.15, -0.1) is 0 Å². The maximum Gasteiger partial charge on any atom is 0.0990 e. The van der Waals surface area contributed by atoms with E-state index in [0.29, 0.717) is 0 Å². The molecule has 0 unspecified atom stereocenters. The van der Waals surface area contributed by atoms with E-state index >= 15 is 0 Å². The van der Waals surface area contributed by atoms with Crippen LogP contribution in [-0.4, -0.2) is 31.3 Å². The summed E-state index contributed by atoms with van der Waals surface area (Å²) in [5, 5.41) is 0. The Hall–Kier alpha value is -0.340. The lowest BCUT2D eigenvalue weighted by Crippen LogP contribution is -2.31. The molecule has 1 saturated heterocycles. The van der Waals surface area contributed by atoms with Crippen molar-refractivity contribution < 1.29 is 4.74 Å². The average Bonchev–Trinajstić information content (AvgIpc) is 2.68. The number of nitrogens with zero attached hydrogens (tertiary/aromatic N) is 1. The van der Waals surface area contributed by atoms with Crippen LogP contribution in [0.3, 0.4) is 0 Å². The number of likely N-dealkylation sites (tertiary alicyclic amines) is 1. The van der Waals surface area contributed by atoms with Gasteiger partial charge in [0.05, 0.1) is 6.73 Å². The van der Waals surface area contributed by atoms with E-state index in [4.69, 9.17) is 4.74 Å². The van der Waals surface area contributed by atoms with Crippen LogP contribution >= 0.6 is 0 Å². The molecule has 1 rings (SSSR count). The summed E-state index contributed by atoms with van der Waals surface area (Å²) >= 11 is 0. The van der Waals surface area contributed by atoms with Gasteiger partial charge in [-0.1, -0.05) is 83.3 Å². The van der Waals surface area contributed by atoms with Gasteiger partial charge >= 0.3 is 0 Å². The van der Waals surface area contributed by atoms with Crippen LogP contribution in [0.25, 0.3) is 0 Å². The van der Waals surface area contributed by atoms with Gasteiger partial charge in [-0.25, -0.2) is 0 Å². The van der Waals surface area contributed by atoms with Crippen LogP contribution in [0, 0.1) is 0 Å². The van der Waals surface area contributed by atoms with Crippen LogP contribution in [0.4, 0.5) is 0 Å². The highest BCUT2D eigenvalue weighted by molar-refractivity contribution is 4.81. The number of rotatable bonds is 18. The van der Waals surface area contributed by atoms with Crippen LogP contribution in [0.5, 0.6) is 0 Å². The Morgan fingerprint density at radius 1 is 0.654 bits per heavy atom. The summed E-state index contributed by atoms with van der Waals surface area (Å²) in [7, 11) is 0. The van der Waals surface area contributed by atoms with Gasteiger partial charge in [-0.2, -0.15) is 0 Å². The van der Waals surface area contributed by atoms with Crippen molar-refractivity contribution >= 4 is 0 Å². The normalized spacial score (nSPS) is 15.9. The highest BCUT2D eigenvalue weighted by atomic mass is 16.5. The molecule has 0 N–H and O–H groups in total. The molecule has 1 aliphatic rings. The zero-order valence-electron chi connectivity index (χ0n) is 17.9. The molecule has 1 heterocycles. The van der Waals surface area contributed by atoms with E-state index in [9.17, 15) is 0 Å². The standard InChI is InChI=1S/C24H47NO/c1-2-3-4-5-6-7-8-9-10-11-12-13-14-15-16-20-23-26-24-25-21-18-17-19-22-25/h9-10H,2-8,11-24H2,1H3/b10-9-. The van der Waals surface area contributed by atoms with Crippen molar-refractivity contribution in [2.75, 3.05) is 26.4 Å². The lowest BCUT2D eigenvalue weighted by Gasteiger charge is -2.25. The van der Waals surface area contributed by atoms with Crippen molar-refractivity contribution in [2.24, 2.45) is 0 Å². The molecule has 0 aromatic rings. The summed E-state index contributed by atoms with van der Waals surface area (Å²) in [4.78, 5) is 2.46. The second-order valence-electron chi connectivity index (χ2n) is 8.15. The molecular formula is C24H47NO. The monoisotopic (exact) mass is 365 g/mol. The predicted molar refractivity (Wildman–Crippen MR) is 116 cm³/mol. The molecule has 154 valence electrons. The molecule has 2 heteroatoms. The van der Waals surface area contributed by atoms with Gasteiger partial charge < -0.3 is 4.74 Å². The Bertz CT molecular complexity index is 297. The first-order valence-electron chi connectivity index (χ1n) is 11.9. The van der Waals surface area contributed by atoms with E-state index in [2.05, 4.69) is 24.0 Å². The molecule has 0 aliphatic carbocycles. The summed E-state index contributed by atoms with van der Waals surface area (Å²) < 4.78 is 5.81. The Kier molecular flexibility index (Phi) is 17.7. The van der Waals surface area contributed by atoms with Gasteiger partial charge in [0, 0.05) is 19.7 Å². The van der Waals surface area contributed by atoms with E-state index in [1.54, 1.807) is 0 Å². The van der Waals surface area contributed by atoms with Crippen molar-refractivity contribution in [1.29, 1.82) is 0 Å². The Labute approximate surface area is 164 Å². The fourth-order valence-electron chi connectivity index (χ4n) is 3.73. The van der Waals surface area contributed by atoms with E-state index in [-0.39, 0.29) is 0 Å². The molecule has 0 saturated carbocycles. The number of piperidine rings is 1. The number of ether oxygens (including phenoxy) is 1. The minimum Gasteiger partial charge on any atom is -0.366 e. The van der Waals surface area contributed by atoms with Crippen molar-refractivity contribution in [3.05, 3.63) is 12.2 Å². The maximum atomic E-state index is 5.81. The summed E-state index contributed by atoms with van der Waals surface area (Å²) in [6, 6.07) is 0. The first-order valence-corrected chi connectivity index (χ1v) is 11.9. The highest BCUT2D eigenvalue weighted by Crippen LogP contribution is 2.11. The number of hydrogen-bond donors (Lipinski definition) is 0. The molecule has 1 aliphatic heterocycles. The molecule has 0 spiro atoms. The number of unbranched alkanes of at least 4 members (excludes halogenated alkanes) is 12. The van der Waals surface area contributed by atoms with Crippen LogP contribution in [0.2, 0.25) is 0 Å². The van der Waals surface area contributed by atoms with E-state index < -0.39 is 0 Å². The first-order chi connectivity index (χ1) is 12.9. The topological polar surface area (TPSA) is 12.5 Å². The molecule has 0 aromatic carbocycles. The highest BCUT2D eigenvalue weighted by Gasteiger charge is 2.08. The van der Waals surface area contributed by atoms with Gasteiger partial charge in [0.2, 0.25) is 0 Å². The SMILES string of the molecule is CCCCCCCC/C=C\CCCCCCCCOCN1CCCCC1. The second-order valence-corrected chi connectivity index (χ2v) is 8.15. The third-order valence-electron chi connectivity index (χ3n) is 5.52. The molecule has 0 bridgehead atoms. The average molecular weight is 366 g/mol. The molecule has 26 heavy (non-hydrogen) atoms. The molecule has 1 fully saturated rings. The van der Waals surface area contributed by atoms with Crippen molar-refractivity contribution in [3.63, 3.8) is 0 Å². The van der Waals surface area contributed by atoms with Gasteiger partial charge in [-0.3, -0.25) is 4.90 Å². The van der Waals surface area contributed by atoms with Crippen LogP contribution in [-0.2, 0) is 4.74 Å². The maximum absolute atomic E-state index is 5.81. The molecule has 0 aromatic heterocycles. The lowest BCUT2D eigenvalue weighted by atomic mass is 10.1. The van der Waals surface area contributed by atoms with E-state index in [0.717, 1.165) is 13.3 Å². The largest absolute Gasteiger partial charge is 0.366 e. The van der Waals surface area contributed by atoms with Gasteiger partial charge in [0.15, 0.2) is 0 Å². The number of hydrogen-bond acceptors (Lipinski definition) is 2. The minimum absolute atomic E-state index is 0.866. The molecule has 2 nitrogen and oxygen atoms in total. The molecule has 0 atom stereocenters. The van der Waals surface area contributed by atoms with Gasteiger partial charge in [-0.05, 0) is 44.9 Å². The smallest absolute Gasteiger partial charge is 0.0990 e.